The summed E-state index contributed by atoms with van der Waals surface area (Å²) in [5, 5.41) is 9.92. The quantitative estimate of drug-likeness (QED) is 0.504. The SMILES string of the molecule is [O]/C=C/c1ccccc1. The molecule has 0 fully saturated rings. The van der Waals surface area contributed by atoms with Gasteiger partial charge in [-0.05, 0) is 11.6 Å². The largest absolute Gasteiger partial charge is 0.299 e. The maximum Gasteiger partial charge on any atom is 0.143 e. The van der Waals surface area contributed by atoms with Crippen molar-refractivity contribution in [2.24, 2.45) is 0 Å². The second-order valence-electron chi connectivity index (χ2n) is 1.71. The predicted molar refractivity (Wildman–Crippen MR) is 36.2 cm³/mol. The van der Waals surface area contributed by atoms with Gasteiger partial charge in [0.1, 0.15) is 6.26 Å². The lowest BCUT2D eigenvalue weighted by atomic mass is 10.2. The molecule has 0 heterocycles. The molecule has 0 unspecified atom stereocenters. The average molecular weight is 119 g/mol. The van der Waals surface area contributed by atoms with Gasteiger partial charge in [0, 0.05) is 0 Å². The van der Waals surface area contributed by atoms with Gasteiger partial charge in [-0.3, -0.25) is 5.11 Å². The van der Waals surface area contributed by atoms with Crippen molar-refractivity contribution in [3.05, 3.63) is 42.2 Å². The molecule has 0 spiro atoms. The third-order valence-electron chi connectivity index (χ3n) is 1.06. The number of hydrogen-bond acceptors (Lipinski definition) is 0. The molecule has 0 saturated carbocycles. The summed E-state index contributed by atoms with van der Waals surface area (Å²) in [6.07, 6.45) is 2.31. The summed E-state index contributed by atoms with van der Waals surface area (Å²) >= 11 is 0. The fraction of sp³-hybridized carbons (Fsp3) is 0. The van der Waals surface area contributed by atoms with Crippen LogP contribution in [0.15, 0.2) is 36.6 Å². The van der Waals surface area contributed by atoms with Gasteiger partial charge in [0.05, 0.1) is 0 Å². The van der Waals surface area contributed by atoms with Crippen LogP contribution in [-0.2, 0) is 5.11 Å². The molecule has 0 aromatic heterocycles. The van der Waals surface area contributed by atoms with E-state index in [0.717, 1.165) is 11.8 Å². The van der Waals surface area contributed by atoms with Crippen LogP contribution < -0.4 is 0 Å². The topological polar surface area (TPSA) is 19.9 Å². The summed E-state index contributed by atoms with van der Waals surface area (Å²) in [5.41, 5.74) is 0.951. The zero-order valence-electron chi connectivity index (χ0n) is 4.95. The summed E-state index contributed by atoms with van der Waals surface area (Å²) in [7, 11) is 0. The Balaban J connectivity index is 2.85. The van der Waals surface area contributed by atoms with Gasteiger partial charge < -0.3 is 0 Å². The lowest BCUT2D eigenvalue weighted by Gasteiger charge is -1.85. The van der Waals surface area contributed by atoms with Gasteiger partial charge in [0.2, 0.25) is 0 Å². The van der Waals surface area contributed by atoms with E-state index in [4.69, 9.17) is 0 Å². The third-order valence-corrected chi connectivity index (χ3v) is 1.06. The normalized spacial score (nSPS) is 10.2. The first kappa shape index (κ1) is 5.89. The Bertz CT molecular complexity index is 189. The first-order valence-electron chi connectivity index (χ1n) is 2.77. The molecule has 0 saturated heterocycles. The van der Waals surface area contributed by atoms with E-state index in [1.54, 1.807) is 0 Å². The Kier molecular flexibility index (Phi) is 1.91. The van der Waals surface area contributed by atoms with Crippen LogP contribution in [-0.4, -0.2) is 0 Å². The van der Waals surface area contributed by atoms with Crippen molar-refractivity contribution in [1.82, 2.24) is 0 Å². The highest BCUT2D eigenvalue weighted by Crippen LogP contribution is 1.99. The Labute approximate surface area is 54.3 Å². The van der Waals surface area contributed by atoms with E-state index in [2.05, 4.69) is 0 Å². The minimum atomic E-state index is 0.787. The Hall–Kier alpha value is -1.24. The van der Waals surface area contributed by atoms with Gasteiger partial charge in [0.15, 0.2) is 0 Å². The van der Waals surface area contributed by atoms with E-state index in [1.807, 2.05) is 30.3 Å². The molecule has 0 atom stereocenters. The molecule has 0 amide bonds. The smallest absolute Gasteiger partial charge is 0.143 e. The number of hydrogen-bond donors (Lipinski definition) is 0. The van der Waals surface area contributed by atoms with Crippen molar-refractivity contribution in [1.29, 1.82) is 0 Å². The molecule has 1 heteroatoms. The predicted octanol–water partition coefficient (Wildman–Crippen LogP) is 2.09. The van der Waals surface area contributed by atoms with Crippen LogP contribution in [0, 0.1) is 0 Å². The van der Waals surface area contributed by atoms with E-state index in [9.17, 15) is 5.11 Å². The summed E-state index contributed by atoms with van der Waals surface area (Å²) < 4.78 is 0. The maximum atomic E-state index is 9.92. The highest BCUT2D eigenvalue weighted by Gasteiger charge is 1.79. The van der Waals surface area contributed by atoms with Gasteiger partial charge >= 0.3 is 0 Å². The van der Waals surface area contributed by atoms with Crippen LogP contribution in [0.25, 0.3) is 6.08 Å². The zero-order chi connectivity index (χ0) is 6.53. The van der Waals surface area contributed by atoms with Crippen LogP contribution in [0.3, 0.4) is 0 Å². The second kappa shape index (κ2) is 2.92. The highest BCUT2D eigenvalue weighted by molar-refractivity contribution is 5.47. The lowest BCUT2D eigenvalue weighted by Crippen LogP contribution is -1.65. The lowest BCUT2D eigenvalue weighted by molar-refractivity contribution is 0.355. The van der Waals surface area contributed by atoms with E-state index in [-0.39, 0.29) is 0 Å². The number of benzene rings is 1. The van der Waals surface area contributed by atoms with Gasteiger partial charge in [-0.25, -0.2) is 0 Å². The van der Waals surface area contributed by atoms with Gasteiger partial charge in [-0.15, -0.1) is 0 Å². The Morgan fingerprint density at radius 2 is 1.78 bits per heavy atom. The summed E-state index contributed by atoms with van der Waals surface area (Å²) in [6, 6.07) is 9.48. The minimum absolute atomic E-state index is 0.787. The minimum Gasteiger partial charge on any atom is -0.299 e. The van der Waals surface area contributed by atoms with E-state index < -0.39 is 0 Å². The molecule has 0 aliphatic rings. The summed E-state index contributed by atoms with van der Waals surface area (Å²) in [5.74, 6) is 0. The second-order valence-corrected chi connectivity index (χ2v) is 1.71. The van der Waals surface area contributed by atoms with Crippen LogP contribution in [0.1, 0.15) is 5.56 Å². The molecule has 0 aliphatic heterocycles. The van der Waals surface area contributed by atoms with Crippen LogP contribution in [0.2, 0.25) is 0 Å². The van der Waals surface area contributed by atoms with Crippen LogP contribution >= 0.6 is 0 Å². The average Bonchev–Trinajstić information content (AvgIpc) is 1.91. The maximum absolute atomic E-state index is 9.92. The van der Waals surface area contributed by atoms with Crippen molar-refractivity contribution in [3.63, 3.8) is 0 Å². The molecule has 45 valence electrons. The highest BCUT2D eigenvalue weighted by atomic mass is 16.2. The van der Waals surface area contributed by atoms with Crippen LogP contribution in [0.5, 0.6) is 0 Å². The molecule has 0 aliphatic carbocycles. The molecule has 1 radical (unpaired) electrons. The van der Waals surface area contributed by atoms with E-state index in [1.165, 1.54) is 6.08 Å². The van der Waals surface area contributed by atoms with Gasteiger partial charge in [-0.2, -0.15) is 0 Å². The first-order valence-corrected chi connectivity index (χ1v) is 2.77. The van der Waals surface area contributed by atoms with E-state index in [0.29, 0.717) is 0 Å². The molecule has 9 heavy (non-hydrogen) atoms. The molecule has 1 rings (SSSR count). The van der Waals surface area contributed by atoms with Crippen molar-refractivity contribution in [2.75, 3.05) is 0 Å². The molecular weight excluding hydrogens is 112 g/mol. The Morgan fingerprint density at radius 1 is 1.11 bits per heavy atom. The van der Waals surface area contributed by atoms with E-state index >= 15 is 0 Å². The fourth-order valence-electron chi connectivity index (χ4n) is 0.643. The summed E-state index contributed by atoms with van der Waals surface area (Å²) in [6.45, 7) is 0. The zero-order valence-corrected chi connectivity index (χ0v) is 4.95. The van der Waals surface area contributed by atoms with Crippen molar-refractivity contribution < 1.29 is 5.11 Å². The van der Waals surface area contributed by atoms with Gasteiger partial charge in [-0.1, -0.05) is 30.3 Å². The molecule has 1 aromatic rings. The first-order chi connectivity index (χ1) is 4.43. The molecule has 1 nitrogen and oxygen atoms in total. The molecular formula is C8H7O. The fourth-order valence-corrected chi connectivity index (χ4v) is 0.643. The van der Waals surface area contributed by atoms with Crippen molar-refractivity contribution >= 4 is 6.08 Å². The molecule has 0 N–H and O–H groups in total. The monoisotopic (exact) mass is 119 g/mol. The molecule has 1 aromatic carbocycles. The van der Waals surface area contributed by atoms with Crippen molar-refractivity contribution in [3.8, 4) is 0 Å². The van der Waals surface area contributed by atoms with Crippen molar-refractivity contribution in [2.45, 2.75) is 0 Å². The standard InChI is InChI=1S/C8H7O/c9-7-6-8-4-2-1-3-5-8/h1-7H/b7-6+. The van der Waals surface area contributed by atoms with Crippen LogP contribution in [0.4, 0.5) is 0 Å². The summed E-state index contributed by atoms with van der Waals surface area (Å²) in [4.78, 5) is 0. The Morgan fingerprint density at radius 3 is 2.33 bits per heavy atom. The number of rotatable bonds is 1. The third kappa shape index (κ3) is 1.61. The molecule has 0 bridgehead atoms. The van der Waals surface area contributed by atoms with Gasteiger partial charge in [0.25, 0.3) is 0 Å².